The van der Waals surface area contributed by atoms with Crippen LogP contribution < -0.4 is 0 Å². The average Bonchev–Trinajstić information content (AvgIpc) is 2.97. The first-order chi connectivity index (χ1) is 7.44. The fraction of sp³-hybridized carbons (Fsp3) is 0.800. The Morgan fingerprint density at radius 3 is 2.44 bits per heavy atom. The van der Waals surface area contributed by atoms with E-state index in [1.807, 2.05) is 0 Å². The van der Waals surface area contributed by atoms with Crippen molar-refractivity contribution < 1.29 is 24.5 Å². The second-order valence-corrected chi connectivity index (χ2v) is 4.18. The fourth-order valence-electron chi connectivity index (χ4n) is 1.65. The van der Waals surface area contributed by atoms with Crippen LogP contribution in [-0.4, -0.2) is 60.4 Å². The van der Waals surface area contributed by atoms with E-state index in [2.05, 4.69) is 0 Å². The van der Waals surface area contributed by atoms with E-state index >= 15 is 0 Å². The molecular formula is C10H17NO5. The third-order valence-electron chi connectivity index (χ3n) is 2.76. The van der Waals surface area contributed by atoms with Crippen LogP contribution in [0.4, 0.5) is 0 Å². The summed E-state index contributed by atoms with van der Waals surface area (Å²) >= 11 is 0. The molecule has 92 valence electrons. The third-order valence-corrected chi connectivity index (χ3v) is 2.76. The number of carboxylic acid groups (broad SMARTS) is 1. The summed E-state index contributed by atoms with van der Waals surface area (Å²) in [5, 5.41) is 18.4. The molecule has 0 radical (unpaired) electrons. The summed E-state index contributed by atoms with van der Waals surface area (Å²) in [4.78, 5) is 24.0. The Labute approximate surface area is 93.8 Å². The maximum atomic E-state index is 11.8. The van der Waals surface area contributed by atoms with Crippen LogP contribution in [0.2, 0.25) is 0 Å². The molecule has 6 nitrogen and oxygen atoms in total. The molecule has 0 spiro atoms. The van der Waals surface area contributed by atoms with E-state index in [-0.39, 0.29) is 13.2 Å². The molecule has 1 atom stereocenters. The van der Waals surface area contributed by atoms with E-state index < -0.39 is 23.4 Å². The Hall–Kier alpha value is -1.14. The van der Waals surface area contributed by atoms with Gasteiger partial charge in [0.1, 0.15) is 5.41 Å². The number of aliphatic carboxylic acids is 1. The van der Waals surface area contributed by atoms with Gasteiger partial charge in [0.15, 0.2) is 0 Å². The number of aliphatic hydroxyl groups is 1. The summed E-state index contributed by atoms with van der Waals surface area (Å²) < 4.78 is 4.73. The van der Waals surface area contributed by atoms with E-state index in [4.69, 9.17) is 9.84 Å². The van der Waals surface area contributed by atoms with Gasteiger partial charge >= 0.3 is 5.97 Å². The van der Waals surface area contributed by atoms with Gasteiger partial charge in [-0.1, -0.05) is 0 Å². The van der Waals surface area contributed by atoms with Crippen LogP contribution in [0.5, 0.6) is 0 Å². The lowest BCUT2D eigenvalue weighted by Gasteiger charge is -2.23. The molecule has 0 bridgehead atoms. The van der Waals surface area contributed by atoms with Crippen LogP contribution in [0.15, 0.2) is 0 Å². The summed E-state index contributed by atoms with van der Waals surface area (Å²) in [6.07, 6.45) is -0.0267. The lowest BCUT2D eigenvalue weighted by Crippen LogP contribution is -2.42. The van der Waals surface area contributed by atoms with Gasteiger partial charge in [0.2, 0.25) is 5.91 Å². The molecule has 2 N–H and O–H groups in total. The maximum Gasteiger partial charge on any atom is 0.319 e. The summed E-state index contributed by atoms with van der Waals surface area (Å²) in [6, 6.07) is 0. The molecule has 0 aliphatic heterocycles. The summed E-state index contributed by atoms with van der Waals surface area (Å²) in [5.41, 5.74) is -1.23. The number of rotatable bonds is 6. The number of nitrogens with zero attached hydrogens (tertiary/aromatic N) is 1. The number of amides is 1. The van der Waals surface area contributed by atoms with Crippen LogP contribution >= 0.6 is 0 Å². The van der Waals surface area contributed by atoms with Gasteiger partial charge in [-0.3, -0.25) is 9.59 Å². The number of carbonyl (C=O) groups excluding carboxylic acids is 1. The van der Waals surface area contributed by atoms with Crippen LogP contribution in [0, 0.1) is 5.41 Å². The highest BCUT2D eigenvalue weighted by atomic mass is 16.5. The molecule has 0 saturated heterocycles. The monoisotopic (exact) mass is 231 g/mol. The predicted molar refractivity (Wildman–Crippen MR) is 54.8 cm³/mol. The summed E-state index contributed by atoms with van der Waals surface area (Å²) in [5.74, 6) is -1.51. The van der Waals surface area contributed by atoms with Gasteiger partial charge in [0.25, 0.3) is 0 Å². The minimum Gasteiger partial charge on any atom is -0.480 e. The molecule has 0 aromatic rings. The van der Waals surface area contributed by atoms with Crippen molar-refractivity contribution in [2.45, 2.75) is 18.9 Å². The highest BCUT2D eigenvalue weighted by Crippen LogP contribution is 2.47. The average molecular weight is 231 g/mol. The van der Waals surface area contributed by atoms with Crippen LogP contribution in [0.3, 0.4) is 0 Å². The maximum absolute atomic E-state index is 11.8. The molecule has 1 aliphatic carbocycles. The zero-order valence-corrected chi connectivity index (χ0v) is 9.47. The highest BCUT2D eigenvalue weighted by Gasteiger charge is 2.58. The number of methoxy groups -OCH3 is 1. The molecule has 6 heteroatoms. The predicted octanol–water partition coefficient (Wildman–Crippen LogP) is -0.683. The second-order valence-electron chi connectivity index (χ2n) is 4.18. The molecule has 1 fully saturated rings. The Balaban J connectivity index is 2.51. The number of ether oxygens (including phenoxy) is 1. The van der Waals surface area contributed by atoms with Gasteiger partial charge in [0, 0.05) is 20.7 Å². The van der Waals surface area contributed by atoms with Crippen LogP contribution in [0.1, 0.15) is 12.8 Å². The first-order valence-corrected chi connectivity index (χ1v) is 5.10. The largest absolute Gasteiger partial charge is 0.480 e. The number of carboxylic acids is 1. The molecular weight excluding hydrogens is 214 g/mol. The van der Waals surface area contributed by atoms with Crippen LogP contribution in [0.25, 0.3) is 0 Å². The zero-order valence-electron chi connectivity index (χ0n) is 9.47. The molecule has 1 rings (SSSR count). The van der Waals surface area contributed by atoms with Crippen LogP contribution in [-0.2, 0) is 14.3 Å². The number of likely N-dealkylation sites (N-methyl/N-ethyl adjacent to an activating group) is 1. The number of aliphatic hydroxyl groups excluding tert-OH is 1. The van der Waals surface area contributed by atoms with Crippen molar-refractivity contribution in [1.29, 1.82) is 0 Å². The number of carbonyl (C=O) groups is 2. The standard InChI is InChI=1S/C10H17NO5/c1-11(5-7(12)6-16-2)8(13)10(3-4-10)9(14)15/h7,12H,3-6H2,1-2H3,(H,14,15). The van der Waals surface area contributed by atoms with Gasteiger partial charge < -0.3 is 19.8 Å². The second kappa shape index (κ2) is 4.80. The van der Waals surface area contributed by atoms with Crippen molar-refractivity contribution >= 4 is 11.9 Å². The lowest BCUT2D eigenvalue weighted by atomic mass is 10.1. The highest BCUT2D eigenvalue weighted by molar-refractivity contribution is 6.04. The molecule has 1 amide bonds. The molecule has 1 unspecified atom stereocenters. The van der Waals surface area contributed by atoms with E-state index in [0.717, 1.165) is 0 Å². The van der Waals surface area contributed by atoms with Crippen molar-refractivity contribution in [3.63, 3.8) is 0 Å². The smallest absolute Gasteiger partial charge is 0.319 e. The van der Waals surface area contributed by atoms with Crippen molar-refractivity contribution in [3.8, 4) is 0 Å². The molecule has 0 aromatic heterocycles. The Kier molecular flexibility index (Phi) is 3.88. The van der Waals surface area contributed by atoms with Gasteiger partial charge in [-0.25, -0.2) is 0 Å². The lowest BCUT2D eigenvalue weighted by molar-refractivity contribution is -0.153. The van der Waals surface area contributed by atoms with Crippen molar-refractivity contribution in [1.82, 2.24) is 4.90 Å². The van der Waals surface area contributed by atoms with Gasteiger partial charge in [-0.2, -0.15) is 0 Å². The first-order valence-electron chi connectivity index (χ1n) is 5.10. The number of hydrogen-bond donors (Lipinski definition) is 2. The van der Waals surface area contributed by atoms with Gasteiger partial charge in [0.05, 0.1) is 12.7 Å². The van der Waals surface area contributed by atoms with E-state index in [1.54, 1.807) is 0 Å². The van der Waals surface area contributed by atoms with Gasteiger partial charge in [-0.05, 0) is 12.8 Å². The van der Waals surface area contributed by atoms with E-state index in [1.165, 1.54) is 19.1 Å². The van der Waals surface area contributed by atoms with Gasteiger partial charge in [-0.15, -0.1) is 0 Å². The molecule has 0 heterocycles. The first kappa shape index (κ1) is 12.9. The van der Waals surface area contributed by atoms with Crippen molar-refractivity contribution in [2.75, 3.05) is 27.3 Å². The molecule has 1 saturated carbocycles. The Bertz CT molecular complexity index is 287. The quantitative estimate of drug-likeness (QED) is 0.591. The fourth-order valence-corrected chi connectivity index (χ4v) is 1.65. The molecule has 16 heavy (non-hydrogen) atoms. The zero-order chi connectivity index (χ0) is 12.3. The Morgan fingerprint density at radius 1 is 1.50 bits per heavy atom. The minimum absolute atomic E-state index is 0.0850. The normalized spacial score (nSPS) is 18.9. The SMILES string of the molecule is COCC(O)CN(C)C(=O)C1(C(=O)O)CC1. The van der Waals surface area contributed by atoms with E-state index in [0.29, 0.717) is 12.8 Å². The topological polar surface area (TPSA) is 87.1 Å². The molecule has 1 aliphatic rings. The summed E-state index contributed by atoms with van der Waals surface area (Å²) in [6.45, 7) is 0.208. The van der Waals surface area contributed by atoms with Crippen molar-refractivity contribution in [3.05, 3.63) is 0 Å². The number of hydrogen-bond acceptors (Lipinski definition) is 4. The molecule has 0 aromatic carbocycles. The minimum atomic E-state index is -1.23. The Morgan fingerprint density at radius 2 is 2.06 bits per heavy atom. The van der Waals surface area contributed by atoms with Crippen molar-refractivity contribution in [2.24, 2.45) is 5.41 Å². The summed E-state index contributed by atoms with van der Waals surface area (Å²) in [7, 11) is 2.94. The third kappa shape index (κ3) is 2.51. The van der Waals surface area contributed by atoms with E-state index in [9.17, 15) is 14.7 Å².